The van der Waals surface area contributed by atoms with E-state index in [1.807, 2.05) is 59.4 Å². The van der Waals surface area contributed by atoms with Crippen LogP contribution in [-0.4, -0.2) is 41.2 Å². The molecular formula is C27H25N7OS. The molecule has 36 heavy (non-hydrogen) atoms. The number of nitrogens with one attached hydrogen (secondary N) is 2. The monoisotopic (exact) mass is 495 g/mol. The number of hydrogen-bond donors (Lipinski definition) is 2. The van der Waals surface area contributed by atoms with Crippen molar-refractivity contribution < 1.29 is 4.79 Å². The molecule has 2 aromatic carbocycles. The summed E-state index contributed by atoms with van der Waals surface area (Å²) in [4.78, 5) is 16.4. The van der Waals surface area contributed by atoms with E-state index < -0.39 is 0 Å². The van der Waals surface area contributed by atoms with Crippen LogP contribution in [0, 0.1) is 0 Å². The van der Waals surface area contributed by atoms with Crippen molar-refractivity contribution in [3.8, 4) is 17.1 Å². The molecule has 0 bridgehead atoms. The van der Waals surface area contributed by atoms with Crippen molar-refractivity contribution in [2.45, 2.75) is 42.8 Å². The normalized spacial score (nSPS) is 15.4. The summed E-state index contributed by atoms with van der Waals surface area (Å²) < 4.78 is 4.03. The van der Waals surface area contributed by atoms with Crippen LogP contribution in [-0.2, 0) is 4.79 Å². The number of anilines is 1. The number of aromatic nitrogens is 6. The molecule has 0 spiro atoms. The number of carbonyl (C=O) groups is 1. The van der Waals surface area contributed by atoms with Gasteiger partial charge in [0, 0.05) is 40.7 Å². The highest BCUT2D eigenvalue weighted by atomic mass is 32.2. The SMILES string of the molecule is O=C(CSc1nnc(-c2c[nH]c3ccccc23)n1C1CC1)Nc1cc(C2CC2)nn1-c1ccccc1. The summed E-state index contributed by atoms with van der Waals surface area (Å²) in [6, 6.07) is 20.5. The van der Waals surface area contributed by atoms with E-state index in [4.69, 9.17) is 5.10 Å². The van der Waals surface area contributed by atoms with Gasteiger partial charge in [0.15, 0.2) is 11.0 Å². The van der Waals surface area contributed by atoms with E-state index in [0.29, 0.717) is 17.8 Å². The zero-order valence-electron chi connectivity index (χ0n) is 19.6. The molecule has 2 saturated carbocycles. The van der Waals surface area contributed by atoms with Crippen molar-refractivity contribution in [1.29, 1.82) is 0 Å². The largest absolute Gasteiger partial charge is 0.360 e. The van der Waals surface area contributed by atoms with E-state index in [2.05, 4.69) is 37.2 Å². The minimum Gasteiger partial charge on any atom is -0.360 e. The molecule has 7 rings (SSSR count). The molecule has 2 fully saturated rings. The lowest BCUT2D eigenvalue weighted by molar-refractivity contribution is -0.113. The summed E-state index contributed by atoms with van der Waals surface area (Å²) in [7, 11) is 0. The Kier molecular flexibility index (Phi) is 5.16. The van der Waals surface area contributed by atoms with E-state index in [-0.39, 0.29) is 11.7 Å². The molecule has 0 atom stereocenters. The van der Waals surface area contributed by atoms with Gasteiger partial charge in [0.05, 0.1) is 17.1 Å². The lowest BCUT2D eigenvalue weighted by Gasteiger charge is -2.10. The maximum Gasteiger partial charge on any atom is 0.236 e. The Balaban J connectivity index is 1.12. The van der Waals surface area contributed by atoms with Gasteiger partial charge in [-0.15, -0.1) is 10.2 Å². The zero-order chi connectivity index (χ0) is 24.1. The van der Waals surface area contributed by atoms with Gasteiger partial charge in [-0.2, -0.15) is 5.10 Å². The lowest BCUT2D eigenvalue weighted by atomic mass is 10.1. The van der Waals surface area contributed by atoms with Gasteiger partial charge in [-0.05, 0) is 43.9 Å². The Morgan fingerprint density at radius 1 is 1.03 bits per heavy atom. The lowest BCUT2D eigenvalue weighted by Crippen LogP contribution is -2.17. The number of aromatic amines is 1. The van der Waals surface area contributed by atoms with E-state index in [1.165, 1.54) is 11.8 Å². The third-order valence-corrected chi connectivity index (χ3v) is 7.67. The molecular weight excluding hydrogens is 470 g/mol. The van der Waals surface area contributed by atoms with Crippen LogP contribution in [0.3, 0.4) is 0 Å². The molecule has 3 aromatic heterocycles. The van der Waals surface area contributed by atoms with Crippen molar-refractivity contribution >= 4 is 34.4 Å². The topological polar surface area (TPSA) is 93.4 Å². The van der Waals surface area contributed by atoms with Gasteiger partial charge >= 0.3 is 0 Å². The highest BCUT2D eigenvalue weighted by Crippen LogP contribution is 2.42. The number of nitrogens with zero attached hydrogens (tertiary/aromatic N) is 5. The predicted molar refractivity (Wildman–Crippen MR) is 140 cm³/mol. The summed E-state index contributed by atoms with van der Waals surface area (Å²) in [5.41, 5.74) is 4.09. The van der Waals surface area contributed by atoms with E-state index in [9.17, 15) is 4.79 Å². The molecule has 2 aliphatic rings. The second-order valence-corrected chi connectivity index (χ2v) is 10.4. The summed E-state index contributed by atoms with van der Waals surface area (Å²) in [6.07, 6.45) is 6.52. The molecule has 180 valence electrons. The number of para-hydroxylation sites is 2. The number of amides is 1. The molecule has 0 aliphatic heterocycles. The Hall–Kier alpha value is -3.85. The summed E-state index contributed by atoms with van der Waals surface area (Å²) >= 11 is 1.43. The summed E-state index contributed by atoms with van der Waals surface area (Å²) in [5.74, 6) is 2.22. The van der Waals surface area contributed by atoms with Crippen LogP contribution in [0.2, 0.25) is 0 Å². The van der Waals surface area contributed by atoms with Gasteiger partial charge in [-0.1, -0.05) is 48.2 Å². The van der Waals surface area contributed by atoms with Crippen LogP contribution < -0.4 is 5.32 Å². The first-order chi connectivity index (χ1) is 17.7. The third-order valence-electron chi connectivity index (χ3n) is 6.73. The molecule has 0 saturated heterocycles. The van der Waals surface area contributed by atoms with E-state index in [1.54, 1.807) is 0 Å². The molecule has 3 heterocycles. The van der Waals surface area contributed by atoms with Crippen LogP contribution in [0.1, 0.15) is 43.3 Å². The van der Waals surface area contributed by atoms with E-state index >= 15 is 0 Å². The zero-order valence-corrected chi connectivity index (χ0v) is 20.4. The fourth-order valence-electron chi connectivity index (χ4n) is 4.62. The molecule has 1 amide bonds. The average molecular weight is 496 g/mol. The van der Waals surface area contributed by atoms with Crippen molar-refractivity contribution in [3.05, 3.63) is 72.6 Å². The van der Waals surface area contributed by atoms with Gasteiger partial charge in [-0.3, -0.25) is 9.36 Å². The number of H-pyrrole nitrogens is 1. The number of carbonyl (C=O) groups excluding carboxylic acids is 1. The smallest absolute Gasteiger partial charge is 0.236 e. The van der Waals surface area contributed by atoms with Crippen LogP contribution in [0.15, 0.2) is 72.0 Å². The molecule has 2 N–H and O–H groups in total. The van der Waals surface area contributed by atoms with Crippen LogP contribution in [0.5, 0.6) is 0 Å². The summed E-state index contributed by atoms with van der Waals surface area (Å²) in [6.45, 7) is 0. The number of hydrogen-bond acceptors (Lipinski definition) is 5. The van der Waals surface area contributed by atoms with E-state index in [0.717, 1.165) is 64.5 Å². The van der Waals surface area contributed by atoms with Gasteiger partial charge in [0.1, 0.15) is 5.82 Å². The van der Waals surface area contributed by atoms with Crippen LogP contribution >= 0.6 is 11.8 Å². The Bertz CT molecular complexity index is 1560. The van der Waals surface area contributed by atoms with Crippen molar-refractivity contribution in [2.75, 3.05) is 11.1 Å². The second kappa shape index (κ2) is 8.67. The van der Waals surface area contributed by atoms with Gasteiger partial charge in [-0.25, -0.2) is 4.68 Å². The molecule has 0 radical (unpaired) electrons. The second-order valence-electron chi connectivity index (χ2n) is 9.47. The average Bonchev–Trinajstić information content (AvgIpc) is 3.82. The minimum absolute atomic E-state index is 0.0848. The first kappa shape index (κ1) is 21.4. The van der Waals surface area contributed by atoms with Crippen molar-refractivity contribution in [2.24, 2.45) is 0 Å². The Morgan fingerprint density at radius 2 is 1.83 bits per heavy atom. The first-order valence-corrected chi connectivity index (χ1v) is 13.3. The molecule has 0 unspecified atom stereocenters. The standard InChI is InChI=1S/C27H25N7OS/c35-25(29-24-14-23(17-10-11-17)32-34(24)19-6-2-1-3-7-19)16-36-27-31-30-26(33(27)18-12-13-18)21-15-28-22-9-5-4-8-20(21)22/h1-9,14-15,17-18,28H,10-13,16H2,(H,29,35). The minimum atomic E-state index is -0.0848. The highest BCUT2D eigenvalue weighted by molar-refractivity contribution is 7.99. The Morgan fingerprint density at radius 3 is 2.64 bits per heavy atom. The third kappa shape index (κ3) is 3.99. The van der Waals surface area contributed by atoms with Gasteiger partial charge < -0.3 is 10.3 Å². The quantitative estimate of drug-likeness (QED) is 0.275. The molecule has 2 aliphatic carbocycles. The van der Waals surface area contributed by atoms with Crippen molar-refractivity contribution in [1.82, 2.24) is 29.5 Å². The number of benzene rings is 2. The summed E-state index contributed by atoms with van der Waals surface area (Å²) in [5, 5.41) is 18.8. The Labute approximate surface area is 212 Å². The van der Waals surface area contributed by atoms with Gasteiger partial charge in [0.25, 0.3) is 0 Å². The molecule has 5 aromatic rings. The predicted octanol–water partition coefficient (Wildman–Crippen LogP) is 5.56. The highest BCUT2D eigenvalue weighted by Gasteiger charge is 2.31. The van der Waals surface area contributed by atoms with Crippen LogP contribution in [0.25, 0.3) is 28.0 Å². The maximum atomic E-state index is 13.0. The van der Waals surface area contributed by atoms with Gasteiger partial charge in [0.2, 0.25) is 5.91 Å². The fourth-order valence-corrected chi connectivity index (χ4v) is 5.43. The maximum absolute atomic E-state index is 13.0. The molecule has 9 heteroatoms. The number of thioether (sulfide) groups is 1. The van der Waals surface area contributed by atoms with Crippen molar-refractivity contribution in [3.63, 3.8) is 0 Å². The fraction of sp³-hybridized carbons (Fsp3) is 0.259. The van der Waals surface area contributed by atoms with Crippen LogP contribution in [0.4, 0.5) is 5.82 Å². The number of fused-ring (bicyclic) bond motifs is 1. The molecule has 8 nitrogen and oxygen atoms in total. The first-order valence-electron chi connectivity index (χ1n) is 12.3. The number of rotatable bonds is 8.